The summed E-state index contributed by atoms with van der Waals surface area (Å²) < 4.78 is 0. The number of halogens is 1. The third-order valence-corrected chi connectivity index (χ3v) is 2.79. The fourth-order valence-corrected chi connectivity index (χ4v) is 1.71. The molecule has 0 bridgehead atoms. The lowest BCUT2D eigenvalue weighted by Crippen LogP contribution is -2.25. The zero-order chi connectivity index (χ0) is 12.5. The van der Waals surface area contributed by atoms with Crippen molar-refractivity contribution < 1.29 is 4.79 Å². The zero-order valence-corrected chi connectivity index (χ0v) is 11.0. The van der Waals surface area contributed by atoms with E-state index in [1.165, 1.54) is 5.56 Å². The van der Waals surface area contributed by atoms with Crippen molar-refractivity contribution in [3.8, 4) is 0 Å². The minimum Gasteiger partial charge on any atom is -0.356 e. The highest BCUT2D eigenvalue weighted by atomic mass is 35.5. The summed E-state index contributed by atoms with van der Waals surface area (Å²) in [6, 6.07) is 10.2. The van der Waals surface area contributed by atoms with Crippen molar-refractivity contribution in [1.29, 1.82) is 0 Å². The Hall–Kier alpha value is -1.02. The average Bonchev–Trinajstić information content (AvgIpc) is 2.30. The lowest BCUT2D eigenvalue weighted by Gasteiger charge is -2.06. The SMILES string of the molecule is CC(Cl)CCNC(=O)CCCc1ccccc1. The number of carbonyl (C=O) groups is 1. The topological polar surface area (TPSA) is 29.1 Å². The third kappa shape index (κ3) is 7.01. The van der Waals surface area contributed by atoms with Gasteiger partial charge in [-0.2, -0.15) is 0 Å². The van der Waals surface area contributed by atoms with E-state index >= 15 is 0 Å². The molecule has 0 aliphatic rings. The Labute approximate surface area is 108 Å². The van der Waals surface area contributed by atoms with Gasteiger partial charge in [0.05, 0.1) is 0 Å². The zero-order valence-electron chi connectivity index (χ0n) is 10.3. The van der Waals surface area contributed by atoms with Gasteiger partial charge in [0.1, 0.15) is 0 Å². The number of benzene rings is 1. The van der Waals surface area contributed by atoms with Crippen LogP contribution in [0.15, 0.2) is 30.3 Å². The van der Waals surface area contributed by atoms with Crippen LogP contribution in [0.2, 0.25) is 0 Å². The molecule has 1 aromatic carbocycles. The molecule has 94 valence electrons. The van der Waals surface area contributed by atoms with E-state index in [2.05, 4.69) is 17.4 Å². The molecule has 1 aromatic rings. The maximum absolute atomic E-state index is 11.5. The van der Waals surface area contributed by atoms with Crippen molar-refractivity contribution in [2.24, 2.45) is 0 Å². The van der Waals surface area contributed by atoms with Crippen molar-refractivity contribution >= 4 is 17.5 Å². The van der Waals surface area contributed by atoms with Gasteiger partial charge < -0.3 is 5.32 Å². The number of nitrogens with one attached hydrogen (secondary N) is 1. The molecule has 2 nitrogen and oxygen atoms in total. The summed E-state index contributed by atoms with van der Waals surface area (Å²) in [4.78, 5) is 11.5. The number of aryl methyl sites for hydroxylation is 1. The van der Waals surface area contributed by atoms with Crippen LogP contribution in [0.1, 0.15) is 31.7 Å². The van der Waals surface area contributed by atoms with Crippen LogP contribution in [0.3, 0.4) is 0 Å². The van der Waals surface area contributed by atoms with E-state index in [1.807, 2.05) is 25.1 Å². The first-order valence-corrected chi connectivity index (χ1v) is 6.57. The second-order valence-corrected chi connectivity index (χ2v) is 5.00. The number of amides is 1. The number of alkyl halides is 1. The Balaban J connectivity index is 2.08. The number of hydrogen-bond acceptors (Lipinski definition) is 1. The van der Waals surface area contributed by atoms with Gasteiger partial charge in [-0.05, 0) is 31.7 Å². The van der Waals surface area contributed by atoms with Crippen LogP contribution in [0, 0.1) is 0 Å². The third-order valence-electron chi connectivity index (χ3n) is 2.58. The monoisotopic (exact) mass is 253 g/mol. The van der Waals surface area contributed by atoms with Gasteiger partial charge >= 0.3 is 0 Å². The van der Waals surface area contributed by atoms with Gasteiger partial charge in [0.2, 0.25) is 5.91 Å². The van der Waals surface area contributed by atoms with Gasteiger partial charge in [0, 0.05) is 18.3 Å². The van der Waals surface area contributed by atoms with Crippen LogP contribution in [0.25, 0.3) is 0 Å². The number of rotatable bonds is 7. The molecule has 17 heavy (non-hydrogen) atoms. The molecule has 0 radical (unpaired) electrons. The molecule has 1 atom stereocenters. The van der Waals surface area contributed by atoms with Gasteiger partial charge in [-0.15, -0.1) is 11.6 Å². The van der Waals surface area contributed by atoms with Crippen LogP contribution in [0.5, 0.6) is 0 Å². The smallest absolute Gasteiger partial charge is 0.220 e. The fourth-order valence-electron chi connectivity index (χ4n) is 1.60. The molecule has 0 fully saturated rings. The van der Waals surface area contributed by atoms with Gasteiger partial charge in [-0.1, -0.05) is 30.3 Å². The molecule has 1 N–H and O–H groups in total. The summed E-state index contributed by atoms with van der Waals surface area (Å²) in [6.07, 6.45) is 3.27. The minimum atomic E-state index is 0.123. The highest BCUT2D eigenvalue weighted by molar-refractivity contribution is 6.20. The molecular formula is C14H20ClNO. The highest BCUT2D eigenvalue weighted by Gasteiger charge is 2.02. The number of carbonyl (C=O) groups excluding carboxylic acids is 1. The quantitative estimate of drug-likeness (QED) is 0.744. The van der Waals surface area contributed by atoms with Crippen molar-refractivity contribution in [2.45, 2.75) is 38.0 Å². The molecule has 1 unspecified atom stereocenters. The van der Waals surface area contributed by atoms with Crippen molar-refractivity contribution in [2.75, 3.05) is 6.54 Å². The summed E-state index contributed by atoms with van der Waals surface area (Å²) in [5, 5.41) is 3.00. The van der Waals surface area contributed by atoms with E-state index in [9.17, 15) is 4.79 Å². The van der Waals surface area contributed by atoms with E-state index in [1.54, 1.807) is 0 Å². The van der Waals surface area contributed by atoms with Gasteiger partial charge in [0.15, 0.2) is 0 Å². The summed E-state index contributed by atoms with van der Waals surface area (Å²) in [6.45, 7) is 2.61. The average molecular weight is 254 g/mol. The first kappa shape index (κ1) is 14.0. The van der Waals surface area contributed by atoms with Gasteiger partial charge in [-0.25, -0.2) is 0 Å². The summed E-state index contributed by atoms with van der Waals surface area (Å²) in [7, 11) is 0. The molecule has 0 spiro atoms. The summed E-state index contributed by atoms with van der Waals surface area (Å²) in [5.74, 6) is 0.123. The maximum Gasteiger partial charge on any atom is 0.220 e. The Morgan fingerprint density at radius 2 is 2.06 bits per heavy atom. The Morgan fingerprint density at radius 1 is 1.35 bits per heavy atom. The molecular weight excluding hydrogens is 234 g/mol. The van der Waals surface area contributed by atoms with Crippen LogP contribution < -0.4 is 5.32 Å². The maximum atomic E-state index is 11.5. The van der Waals surface area contributed by atoms with Crippen molar-refractivity contribution in [3.05, 3.63) is 35.9 Å². The van der Waals surface area contributed by atoms with Crippen molar-refractivity contribution in [1.82, 2.24) is 5.32 Å². The molecule has 0 aliphatic carbocycles. The summed E-state index contributed by atoms with van der Waals surface area (Å²) >= 11 is 5.79. The van der Waals surface area contributed by atoms with Crippen molar-refractivity contribution in [3.63, 3.8) is 0 Å². The Bertz CT molecular complexity index is 324. The second kappa shape index (κ2) is 8.13. The fraction of sp³-hybridized carbons (Fsp3) is 0.500. The minimum absolute atomic E-state index is 0.123. The van der Waals surface area contributed by atoms with E-state index < -0.39 is 0 Å². The molecule has 1 amide bonds. The van der Waals surface area contributed by atoms with E-state index in [-0.39, 0.29) is 11.3 Å². The molecule has 0 saturated carbocycles. The predicted octanol–water partition coefficient (Wildman–Crippen LogP) is 3.14. The largest absolute Gasteiger partial charge is 0.356 e. The van der Waals surface area contributed by atoms with Crippen LogP contribution in [-0.2, 0) is 11.2 Å². The first-order chi connectivity index (χ1) is 8.18. The predicted molar refractivity (Wildman–Crippen MR) is 72.3 cm³/mol. The van der Waals surface area contributed by atoms with Crippen LogP contribution in [0.4, 0.5) is 0 Å². The number of hydrogen-bond donors (Lipinski definition) is 1. The van der Waals surface area contributed by atoms with E-state index in [0.717, 1.165) is 19.3 Å². The van der Waals surface area contributed by atoms with Crippen LogP contribution in [-0.4, -0.2) is 17.8 Å². The molecule has 0 aromatic heterocycles. The Morgan fingerprint density at radius 3 is 2.71 bits per heavy atom. The lowest BCUT2D eigenvalue weighted by molar-refractivity contribution is -0.121. The van der Waals surface area contributed by atoms with Crippen LogP contribution >= 0.6 is 11.6 Å². The molecule has 0 heterocycles. The summed E-state index contributed by atoms with van der Waals surface area (Å²) in [5.41, 5.74) is 1.29. The van der Waals surface area contributed by atoms with E-state index in [0.29, 0.717) is 13.0 Å². The molecule has 1 rings (SSSR count). The molecule has 0 aliphatic heterocycles. The van der Waals surface area contributed by atoms with E-state index in [4.69, 9.17) is 11.6 Å². The van der Waals surface area contributed by atoms with Gasteiger partial charge in [0.25, 0.3) is 0 Å². The standard InChI is InChI=1S/C14H20ClNO/c1-12(15)10-11-16-14(17)9-5-8-13-6-3-2-4-7-13/h2-4,6-7,12H,5,8-11H2,1H3,(H,16,17). The molecule has 0 saturated heterocycles. The second-order valence-electron chi connectivity index (χ2n) is 4.26. The molecule has 3 heteroatoms. The lowest BCUT2D eigenvalue weighted by atomic mass is 10.1. The Kier molecular flexibility index (Phi) is 6.71. The highest BCUT2D eigenvalue weighted by Crippen LogP contribution is 2.04. The normalized spacial score (nSPS) is 12.1. The van der Waals surface area contributed by atoms with Gasteiger partial charge in [-0.3, -0.25) is 4.79 Å². The first-order valence-electron chi connectivity index (χ1n) is 6.13.